The topological polar surface area (TPSA) is 114 Å². The normalized spacial score (nSPS) is 11.6. The Kier molecular flexibility index (Phi) is 7.71. The Bertz CT molecular complexity index is 630. The number of methoxy groups -OCH3 is 2. The molecule has 1 unspecified atom stereocenters. The van der Waals surface area contributed by atoms with Crippen LogP contribution in [0.15, 0.2) is 18.2 Å². The van der Waals surface area contributed by atoms with Crippen molar-refractivity contribution in [1.29, 1.82) is 0 Å². The number of aliphatic carboxylic acids is 1. The van der Waals surface area contributed by atoms with Crippen molar-refractivity contribution >= 4 is 17.8 Å². The highest BCUT2D eigenvalue weighted by molar-refractivity contribution is 5.97. The number of hydrogen-bond acceptors (Lipinski definition) is 5. The summed E-state index contributed by atoms with van der Waals surface area (Å²) in [5, 5.41) is 13.9. The van der Waals surface area contributed by atoms with Gasteiger partial charge in [-0.1, -0.05) is 13.8 Å². The van der Waals surface area contributed by atoms with E-state index in [-0.39, 0.29) is 12.5 Å². The molecule has 2 amide bonds. The van der Waals surface area contributed by atoms with E-state index in [1.165, 1.54) is 26.4 Å². The van der Waals surface area contributed by atoms with Gasteiger partial charge in [-0.05, 0) is 30.5 Å². The number of benzene rings is 1. The third-order valence-corrected chi connectivity index (χ3v) is 3.40. The van der Waals surface area contributed by atoms with Crippen molar-refractivity contribution in [3.05, 3.63) is 23.8 Å². The second kappa shape index (κ2) is 9.51. The zero-order valence-corrected chi connectivity index (χ0v) is 14.8. The zero-order chi connectivity index (χ0) is 19.0. The largest absolute Gasteiger partial charge is 0.493 e. The quantitative estimate of drug-likeness (QED) is 0.612. The van der Waals surface area contributed by atoms with Gasteiger partial charge in [-0.3, -0.25) is 9.59 Å². The van der Waals surface area contributed by atoms with Crippen LogP contribution in [0.2, 0.25) is 0 Å². The number of carboxylic acids is 1. The van der Waals surface area contributed by atoms with Gasteiger partial charge in [0.25, 0.3) is 5.91 Å². The second-order valence-corrected chi connectivity index (χ2v) is 5.84. The van der Waals surface area contributed by atoms with Crippen molar-refractivity contribution in [2.45, 2.75) is 26.3 Å². The molecule has 1 aromatic rings. The molecule has 0 aliphatic carbocycles. The monoisotopic (exact) mass is 352 g/mol. The molecule has 8 heteroatoms. The van der Waals surface area contributed by atoms with Gasteiger partial charge in [-0.25, -0.2) is 4.79 Å². The molecule has 0 aliphatic rings. The number of rotatable bonds is 9. The van der Waals surface area contributed by atoms with Gasteiger partial charge < -0.3 is 25.2 Å². The summed E-state index contributed by atoms with van der Waals surface area (Å²) in [6, 6.07) is 3.63. The van der Waals surface area contributed by atoms with E-state index in [1.54, 1.807) is 6.07 Å². The first kappa shape index (κ1) is 20.3. The highest BCUT2D eigenvalue weighted by Gasteiger charge is 2.21. The first-order valence-electron chi connectivity index (χ1n) is 7.80. The molecule has 0 bridgehead atoms. The van der Waals surface area contributed by atoms with Gasteiger partial charge in [0, 0.05) is 5.56 Å². The summed E-state index contributed by atoms with van der Waals surface area (Å²) in [6.07, 6.45) is 0.310. The van der Waals surface area contributed by atoms with Crippen molar-refractivity contribution in [1.82, 2.24) is 10.6 Å². The number of amides is 2. The number of ether oxygens (including phenoxy) is 2. The fourth-order valence-electron chi connectivity index (χ4n) is 2.18. The molecule has 1 aromatic carbocycles. The molecule has 1 atom stereocenters. The van der Waals surface area contributed by atoms with Gasteiger partial charge >= 0.3 is 5.97 Å². The van der Waals surface area contributed by atoms with E-state index in [0.29, 0.717) is 23.5 Å². The molecule has 0 aromatic heterocycles. The van der Waals surface area contributed by atoms with Crippen molar-refractivity contribution in [2.75, 3.05) is 20.8 Å². The summed E-state index contributed by atoms with van der Waals surface area (Å²) in [5.74, 6) is -1.16. The molecule has 1 rings (SSSR count). The summed E-state index contributed by atoms with van der Waals surface area (Å²) < 4.78 is 10.2. The molecule has 0 aliphatic heterocycles. The maximum absolute atomic E-state index is 12.1. The van der Waals surface area contributed by atoms with Crippen LogP contribution >= 0.6 is 0 Å². The van der Waals surface area contributed by atoms with Crippen molar-refractivity contribution in [3.8, 4) is 11.5 Å². The number of hydrogen-bond donors (Lipinski definition) is 3. The van der Waals surface area contributed by atoms with E-state index in [2.05, 4.69) is 10.6 Å². The van der Waals surface area contributed by atoms with Crippen LogP contribution in [0.1, 0.15) is 30.6 Å². The Hall–Kier alpha value is -2.77. The van der Waals surface area contributed by atoms with Gasteiger partial charge in [-0.15, -0.1) is 0 Å². The number of carboxylic acid groups (broad SMARTS) is 1. The number of carbonyl (C=O) groups excluding carboxylic acids is 2. The molecule has 0 radical (unpaired) electrons. The minimum atomic E-state index is -1.10. The lowest BCUT2D eigenvalue weighted by molar-refractivity contribution is -0.142. The summed E-state index contributed by atoms with van der Waals surface area (Å²) in [5.41, 5.74) is 0.294. The SMILES string of the molecule is COc1ccc(C(=O)NCC(=O)NC(CC(C)C)C(=O)O)cc1OC. The van der Waals surface area contributed by atoms with E-state index in [1.807, 2.05) is 13.8 Å². The van der Waals surface area contributed by atoms with E-state index < -0.39 is 23.8 Å². The Labute approximate surface area is 146 Å². The average molecular weight is 352 g/mol. The minimum absolute atomic E-state index is 0.114. The standard InChI is InChI=1S/C17H24N2O6/c1-10(2)7-12(17(22)23)19-15(20)9-18-16(21)11-5-6-13(24-3)14(8-11)25-4/h5-6,8,10,12H,7,9H2,1-4H3,(H,18,21)(H,19,20)(H,22,23). The molecule has 25 heavy (non-hydrogen) atoms. The van der Waals surface area contributed by atoms with Crippen LogP contribution in [0.5, 0.6) is 11.5 Å². The average Bonchev–Trinajstić information content (AvgIpc) is 2.57. The lowest BCUT2D eigenvalue weighted by Crippen LogP contribution is -2.46. The summed E-state index contributed by atoms with van der Waals surface area (Å²) in [4.78, 5) is 35.1. The zero-order valence-electron chi connectivity index (χ0n) is 14.8. The summed E-state index contributed by atoms with van der Waals surface area (Å²) in [7, 11) is 2.94. The molecule has 0 spiro atoms. The maximum atomic E-state index is 12.1. The third-order valence-electron chi connectivity index (χ3n) is 3.40. The van der Waals surface area contributed by atoms with Crippen LogP contribution in [-0.2, 0) is 9.59 Å². The first-order chi connectivity index (χ1) is 11.8. The molecule has 3 N–H and O–H groups in total. The summed E-state index contributed by atoms with van der Waals surface area (Å²) in [6.45, 7) is 3.40. The van der Waals surface area contributed by atoms with E-state index in [9.17, 15) is 14.4 Å². The van der Waals surface area contributed by atoms with Gasteiger partial charge in [0.2, 0.25) is 5.91 Å². The molecule has 138 valence electrons. The second-order valence-electron chi connectivity index (χ2n) is 5.84. The van der Waals surface area contributed by atoms with Gasteiger partial charge in [0.1, 0.15) is 6.04 Å². The molecule has 0 fully saturated rings. The van der Waals surface area contributed by atoms with Crippen LogP contribution in [0, 0.1) is 5.92 Å². The predicted molar refractivity (Wildman–Crippen MR) is 90.9 cm³/mol. The van der Waals surface area contributed by atoms with E-state index in [0.717, 1.165) is 0 Å². The fourth-order valence-corrected chi connectivity index (χ4v) is 2.18. The highest BCUT2D eigenvalue weighted by Crippen LogP contribution is 2.27. The fraction of sp³-hybridized carbons (Fsp3) is 0.471. The Morgan fingerprint density at radius 3 is 2.28 bits per heavy atom. The van der Waals surface area contributed by atoms with Gasteiger partial charge in [0.15, 0.2) is 11.5 Å². The minimum Gasteiger partial charge on any atom is -0.493 e. The van der Waals surface area contributed by atoms with Crippen molar-refractivity contribution < 1.29 is 29.0 Å². The Balaban J connectivity index is 2.63. The molecule has 0 saturated carbocycles. The molecule has 8 nitrogen and oxygen atoms in total. The van der Waals surface area contributed by atoms with Crippen molar-refractivity contribution in [3.63, 3.8) is 0 Å². The number of nitrogens with one attached hydrogen (secondary N) is 2. The molecular formula is C17H24N2O6. The highest BCUT2D eigenvalue weighted by atomic mass is 16.5. The maximum Gasteiger partial charge on any atom is 0.326 e. The van der Waals surface area contributed by atoms with Crippen molar-refractivity contribution in [2.24, 2.45) is 5.92 Å². The summed E-state index contributed by atoms with van der Waals surface area (Å²) >= 11 is 0. The first-order valence-corrected chi connectivity index (χ1v) is 7.80. The van der Waals surface area contributed by atoms with Crippen LogP contribution < -0.4 is 20.1 Å². The number of carbonyl (C=O) groups is 3. The lowest BCUT2D eigenvalue weighted by Gasteiger charge is -2.16. The molecule has 0 heterocycles. The van der Waals surface area contributed by atoms with Gasteiger partial charge in [-0.2, -0.15) is 0 Å². The van der Waals surface area contributed by atoms with Crippen LogP contribution in [0.25, 0.3) is 0 Å². The molecule has 0 saturated heterocycles. The van der Waals surface area contributed by atoms with Crippen LogP contribution in [0.3, 0.4) is 0 Å². The van der Waals surface area contributed by atoms with Crippen LogP contribution in [-0.4, -0.2) is 49.7 Å². The predicted octanol–water partition coefficient (Wildman–Crippen LogP) is 1.05. The van der Waals surface area contributed by atoms with Gasteiger partial charge in [0.05, 0.1) is 20.8 Å². The third kappa shape index (κ3) is 6.33. The Morgan fingerprint density at radius 1 is 1.12 bits per heavy atom. The lowest BCUT2D eigenvalue weighted by atomic mass is 10.0. The van der Waals surface area contributed by atoms with Crippen LogP contribution in [0.4, 0.5) is 0 Å². The smallest absolute Gasteiger partial charge is 0.326 e. The molecular weight excluding hydrogens is 328 g/mol. The Morgan fingerprint density at radius 2 is 1.76 bits per heavy atom. The van der Waals surface area contributed by atoms with E-state index >= 15 is 0 Å². The van der Waals surface area contributed by atoms with E-state index in [4.69, 9.17) is 14.6 Å².